The van der Waals surface area contributed by atoms with Crippen LogP contribution in [0.15, 0.2) is 48.5 Å². The van der Waals surface area contributed by atoms with Crippen LogP contribution in [0.2, 0.25) is 0 Å². The minimum absolute atomic E-state index is 0.102. The van der Waals surface area contributed by atoms with E-state index in [4.69, 9.17) is 104 Å². The van der Waals surface area contributed by atoms with Gasteiger partial charge < -0.3 is 10.2 Å². The number of nitrogens with zero attached hydrogens (tertiary/aromatic N) is 4. The lowest BCUT2D eigenvalue weighted by molar-refractivity contribution is -0.137. The molecule has 1 saturated heterocycles. The molecule has 0 saturated carbocycles. The van der Waals surface area contributed by atoms with Gasteiger partial charge in [0, 0.05) is 23.2 Å². The summed E-state index contributed by atoms with van der Waals surface area (Å²) in [6, 6.07) is 10.9. The minimum Gasteiger partial charge on any atom is -0.354 e. The lowest BCUT2D eigenvalue weighted by Crippen LogP contribution is -2.23. The van der Waals surface area contributed by atoms with E-state index in [2.05, 4.69) is 25.2 Å². The Morgan fingerprint density at radius 1 is 0.651 bits per heavy atom. The van der Waals surface area contributed by atoms with Crippen LogP contribution in [0.5, 0.6) is 0 Å². The van der Waals surface area contributed by atoms with Crippen molar-refractivity contribution in [3.8, 4) is 11.4 Å². The molecule has 236 valence electrons. The maximum atomic E-state index is 12.8. The normalized spacial score (nSPS) is 14.8. The van der Waals surface area contributed by atoms with Gasteiger partial charge in [-0.2, -0.15) is 23.1 Å². The zero-order valence-corrected chi connectivity index (χ0v) is 28.7. The number of rotatable bonds is 6. The Bertz CT molecular complexity index is 1290. The van der Waals surface area contributed by atoms with Crippen molar-refractivity contribution >= 4 is 110 Å². The molecule has 0 bridgehead atoms. The summed E-state index contributed by atoms with van der Waals surface area (Å²) in [6.45, 7) is 3.79. The molecule has 0 radical (unpaired) electrons. The number of aromatic nitrogens is 3. The highest BCUT2D eigenvalue weighted by Crippen LogP contribution is 2.42. The quantitative estimate of drug-likeness (QED) is 0.199. The van der Waals surface area contributed by atoms with Gasteiger partial charge in [-0.1, -0.05) is 141 Å². The Morgan fingerprint density at radius 2 is 1.14 bits per heavy atom. The summed E-state index contributed by atoms with van der Waals surface area (Å²) >= 11 is 51.7. The van der Waals surface area contributed by atoms with Crippen LogP contribution in [0.3, 0.4) is 0 Å². The Balaban J connectivity index is 0.000000303. The third kappa shape index (κ3) is 12.0. The van der Waals surface area contributed by atoms with E-state index in [0.717, 1.165) is 38.2 Å². The van der Waals surface area contributed by atoms with Crippen LogP contribution in [-0.2, 0) is 17.6 Å². The second-order valence-corrected chi connectivity index (χ2v) is 16.1. The molecule has 1 fully saturated rings. The molecule has 3 aromatic rings. The minimum atomic E-state index is -4.43. The number of halogens is 12. The number of nitrogens with one attached hydrogen (secondary N) is 1. The van der Waals surface area contributed by atoms with E-state index in [9.17, 15) is 13.2 Å². The number of likely N-dealkylation sites (tertiary alicyclic amines) is 1. The smallest absolute Gasteiger partial charge is 0.354 e. The number of benzene rings is 2. The SMILES string of the molecule is ClC(Cl)(Cl)c1ccc(C(Cl)(Cl)Cl)cc1.FC(F)(F)c1ccc(-c2nc(NCCCN3CCCC3)nc(C(Cl)(Cl)Cl)n2)cc1. The van der Waals surface area contributed by atoms with Crippen LogP contribution >= 0.6 is 104 Å². The predicted octanol–water partition coefficient (Wildman–Crippen LogP) is 10.6. The van der Waals surface area contributed by atoms with Crippen molar-refractivity contribution in [3.63, 3.8) is 0 Å². The van der Waals surface area contributed by atoms with Gasteiger partial charge in [0.15, 0.2) is 11.6 Å². The molecule has 5 nitrogen and oxygen atoms in total. The highest BCUT2D eigenvalue weighted by molar-refractivity contribution is 6.67. The van der Waals surface area contributed by atoms with Gasteiger partial charge in [-0.05, 0) is 51.0 Å². The highest BCUT2D eigenvalue weighted by atomic mass is 35.6. The third-order valence-electron chi connectivity index (χ3n) is 6.03. The Labute approximate surface area is 292 Å². The van der Waals surface area contributed by atoms with E-state index in [-0.39, 0.29) is 17.6 Å². The predicted molar refractivity (Wildman–Crippen MR) is 173 cm³/mol. The molecular weight excluding hydrogens is 758 g/mol. The summed E-state index contributed by atoms with van der Waals surface area (Å²) in [5, 5.41) is 3.08. The topological polar surface area (TPSA) is 53.9 Å². The Morgan fingerprint density at radius 3 is 1.58 bits per heavy atom. The van der Waals surface area contributed by atoms with Crippen molar-refractivity contribution in [2.45, 2.75) is 36.8 Å². The first-order valence-electron chi connectivity index (χ1n) is 12.6. The average Bonchev–Trinajstić information content (AvgIpc) is 3.43. The van der Waals surface area contributed by atoms with Crippen molar-refractivity contribution in [2.24, 2.45) is 0 Å². The largest absolute Gasteiger partial charge is 0.416 e. The molecule has 1 aliphatic rings. The molecule has 4 rings (SSSR count). The van der Waals surface area contributed by atoms with Crippen LogP contribution in [-0.4, -0.2) is 46.0 Å². The molecule has 17 heteroatoms. The van der Waals surface area contributed by atoms with E-state index in [1.54, 1.807) is 24.3 Å². The summed E-state index contributed by atoms with van der Waals surface area (Å²) in [4.78, 5) is 14.9. The second kappa shape index (κ2) is 15.5. The first-order chi connectivity index (χ1) is 19.8. The number of alkyl halides is 12. The molecule has 0 amide bonds. The van der Waals surface area contributed by atoms with Gasteiger partial charge in [-0.3, -0.25) is 0 Å². The van der Waals surface area contributed by atoms with Gasteiger partial charge in [-0.25, -0.2) is 4.98 Å². The second-order valence-electron chi connectivity index (χ2n) is 9.28. The van der Waals surface area contributed by atoms with Gasteiger partial charge in [0.2, 0.25) is 17.3 Å². The number of anilines is 1. The van der Waals surface area contributed by atoms with Crippen LogP contribution in [0.1, 0.15) is 41.8 Å². The van der Waals surface area contributed by atoms with Crippen molar-refractivity contribution in [2.75, 3.05) is 31.5 Å². The highest BCUT2D eigenvalue weighted by Gasteiger charge is 2.31. The van der Waals surface area contributed by atoms with E-state index >= 15 is 0 Å². The molecule has 1 aromatic heterocycles. The van der Waals surface area contributed by atoms with Gasteiger partial charge in [-0.15, -0.1) is 0 Å². The molecule has 0 unspecified atom stereocenters. The van der Waals surface area contributed by atoms with Crippen LogP contribution in [0.25, 0.3) is 11.4 Å². The van der Waals surface area contributed by atoms with Gasteiger partial charge in [0.1, 0.15) is 0 Å². The Hall–Kier alpha value is -0.390. The fourth-order valence-corrected chi connectivity index (χ4v) is 4.89. The number of hydrogen-bond acceptors (Lipinski definition) is 5. The van der Waals surface area contributed by atoms with Crippen LogP contribution < -0.4 is 5.32 Å². The zero-order valence-electron chi connectivity index (χ0n) is 21.9. The lowest BCUT2D eigenvalue weighted by Gasteiger charge is -2.15. The lowest BCUT2D eigenvalue weighted by atomic mass is 10.1. The summed E-state index contributed by atoms with van der Waals surface area (Å²) in [6.07, 6.45) is -1.10. The average molecular weight is 782 g/mol. The monoisotopic (exact) mass is 777 g/mol. The Kier molecular flexibility index (Phi) is 13.3. The van der Waals surface area contributed by atoms with Gasteiger partial charge in [0.25, 0.3) is 0 Å². The molecule has 1 N–H and O–H groups in total. The first-order valence-corrected chi connectivity index (χ1v) is 16.0. The van der Waals surface area contributed by atoms with E-state index < -0.39 is 23.1 Å². The fourth-order valence-electron chi connectivity index (χ4n) is 3.88. The summed E-state index contributed by atoms with van der Waals surface area (Å²) in [5.74, 6) is 0.226. The molecule has 2 heterocycles. The standard InChI is InChI=1S/C18H19Cl3F3N5.C8H4Cl6/c19-17(20,21)15-26-14(12-4-6-13(7-5-12)18(22,23)24)27-16(28-15)25-8-3-11-29-9-1-2-10-29;9-7(10,11)5-1-2-6(4-3-5)8(12,13)14/h4-7H,1-3,8-11H2,(H,25,26,27,28);1-4H. The zero-order chi connectivity index (χ0) is 32.1. The molecule has 0 atom stereocenters. The van der Waals surface area contributed by atoms with Crippen molar-refractivity contribution in [3.05, 3.63) is 71.0 Å². The molecule has 2 aromatic carbocycles. The molecular formula is C26H23Cl9F3N5. The molecule has 43 heavy (non-hydrogen) atoms. The van der Waals surface area contributed by atoms with Crippen molar-refractivity contribution in [1.82, 2.24) is 19.9 Å². The summed E-state index contributed by atoms with van der Waals surface area (Å²) in [5.41, 5.74) is 0.647. The van der Waals surface area contributed by atoms with E-state index in [0.29, 0.717) is 23.2 Å². The van der Waals surface area contributed by atoms with Gasteiger partial charge >= 0.3 is 6.18 Å². The summed E-state index contributed by atoms with van der Waals surface area (Å²) < 4.78 is 33.6. The van der Waals surface area contributed by atoms with Crippen molar-refractivity contribution in [1.29, 1.82) is 0 Å². The molecule has 0 aliphatic carbocycles. The molecule has 1 aliphatic heterocycles. The summed E-state index contributed by atoms with van der Waals surface area (Å²) in [7, 11) is 0. The maximum absolute atomic E-state index is 12.8. The van der Waals surface area contributed by atoms with Crippen LogP contribution in [0.4, 0.5) is 19.1 Å². The maximum Gasteiger partial charge on any atom is 0.416 e. The van der Waals surface area contributed by atoms with E-state index in [1.165, 1.54) is 25.0 Å². The van der Waals surface area contributed by atoms with Crippen LogP contribution in [0, 0.1) is 0 Å². The van der Waals surface area contributed by atoms with Gasteiger partial charge in [0.05, 0.1) is 5.56 Å². The fraction of sp³-hybridized carbons (Fsp3) is 0.423. The van der Waals surface area contributed by atoms with E-state index in [1.807, 2.05) is 0 Å². The third-order valence-corrected chi connectivity index (χ3v) is 7.85. The van der Waals surface area contributed by atoms with Crippen molar-refractivity contribution < 1.29 is 13.2 Å². The number of hydrogen-bond donors (Lipinski definition) is 1. The first kappa shape index (κ1) is 37.1. The molecule has 0 spiro atoms.